The molecule has 8 heavy (non-hydrogen) atoms. The van der Waals surface area contributed by atoms with Gasteiger partial charge in [0.15, 0.2) is 0 Å². The van der Waals surface area contributed by atoms with Crippen LogP contribution in [0.3, 0.4) is 0 Å². The molecule has 0 saturated heterocycles. The summed E-state index contributed by atoms with van der Waals surface area (Å²) >= 11 is 0. The van der Waals surface area contributed by atoms with Crippen molar-refractivity contribution in [1.29, 1.82) is 0 Å². The van der Waals surface area contributed by atoms with E-state index in [-0.39, 0.29) is 0 Å². The van der Waals surface area contributed by atoms with Crippen LogP contribution in [0.25, 0.3) is 0 Å². The van der Waals surface area contributed by atoms with Crippen LogP contribution in [0.2, 0.25) is 0 Å². The van der Waals surface area contributed by atoms with Gasteiger partial charge in [0, 0.05) is 0 Å². The van der Waals surface area contributed by atoms with Crippen molar-refractivity contribution in [2.45, 2.75) is 6.42 Å². The molecule has 0 rings (SSSR count). The van der Waals surface area contributed by atoms with Gasteiger partial charge >= 0.3 is 0 Å². The van der Waals surface area contributed by atoms with Crippen LogP contribution in [0, 0.1) is 6.92 Å². The van der Waals surface area contributed by atoms with Gasteiger partial charge in [-0.25, -0.2) is 9.78 Å². The van der Waals surface area contributed by atoms with Gasteiger partial charge in [0.1, 0.15) is 6.61 Å². The van der Waals surface area contributed by atoms with Crippen molar-refractivity contribution in [3.05, 3.63) is 19.6 Å². The lowest BCUT2D eigenvalue weighted by Gasteiger charge is -1.96. The lowest BCUT2D eigenvalue weighted by Crippen LogP contribution is -1.94. The molecule has 0 aliphatic rings. The highest BCUT2D eigenvalue weighted by molar-refractivity contribution is 4.62. The van der Waals surface area contributed by atoms with E-state index in [9.17, 15) is 0 Å². The van der Waals surface area contributed by atoms with E-state index in [0.717, 1.165) is 0 Å². The Hall–Kier alpha value is -0.340. The van der Waals surface area contributed by atoms with Crippen LogP contribution < -0.4 is 0 Å². The van der Waals surface area contributed by atoms with E-state index < -0.39 is 0 Å². The zero-order valence-corrected chi connectivity index (χ0v) is 4.80. The molecular weight excluding hydrogens is 104 g/mol. The monoisotopic (exact) mass is 114 g/mol. The summed E-state index contributed by atoms with van der Waals surface area (Å²) in [6, 6.07) is 0. The predicted molar refractivity (Wildman–Crippen MR) is 31.0 cm³/mol. The zero-order chi connectivity index (χ0) is 6.24. The highest BCUT2D eigenvalue weighted by Crippen LogP contribution is 1.80. The van der Waals surface area contributed by atoms with Gasteiger partial charge in [-0.2, -0.15) is 0 Å². The van der Waals surface area contributed by atoms with E-state index in [2.05, 4.69) is 16.4 Å². The Bertz CT molecular complexity index is 52.5. The maximum absolute atomic E-state index is 5.08. The molecule has 0 N–H and O–H groups in total. The Kier molecular flexibility index (Phi) is 6.38. The largest absolute Gasteiger partial charge is 0.236 e. The van der Waals surface area contributed by atoms with Gasteiger partial charge in [0.2, 0.25) is 0 Å². The van der Waals surface area contributed by atoms with E-state index >= 15 is 0 Å². The molecule has 0 aliphatic carbocycles. The quantitative estimate of drug-likeness (QED) is 0.231. The molecule has 0 aromatic carbocycles. The molecule has 2 heteroatoms. The fourth-order valence-electron chi connectivity index (χ4n) is 0.203. The summed E-state index contributed by atoms with van der Waals surface area (Å²) in [6.45, 7) is 9.36. The van der Waals surface area contributed by atoms with Gasteiger partial charge < -0.3 is 0 Å². The number of hydrogen-bond donors (Lipinski definition) is 0. The third-order valence-corrected chi connectivity index (χ3v) is 0.470. The van der Waals surface area contributed by atoms with Crippen molar-refractivity contribution in [3.8, 4) is 0 Å². The molecule has 2 nitrogen and oxygen atoms in total. The maximum atomic E-state index is 5.08. The lowest BCUT2D eigenvalue weighted by molar-refractivity contribution is -0.285. The second-order valence-electron chi connectivity index (χ2n) is 1.18. The van der Waals surface area contributed by atoms with Crippen molar-refractivity contribution in [3.63, 3.8) is 0 Å². The van der Waals surface area contributed by atoms with E-state index in [4.69, 9.17) is 6.92 Å². The van der Waals surface area contributed by atoms with Gasteiger partial charge in [-0.3, -0.25) is 0 Å². The summed E-state index contributed by atoms with van der Waals surface area (Å²) in [4.78, 5) is 9.05. The van der Waals surface area contributed by atoms with Crippen molar-refractivity contribution >= 4 is 0 Å². The third-order valence-electron chi connectivity index (χ3n) is 0.470. The van der Waals surface area contributed by atoms with Gasteiger partial charge in [-0.05, 0) is 13.3 Å². The first-order valence-corrected chi connectivity index (χ1v) is 2.47. The van der Waals surface area contributed by atoms with E-state index in [1.54, 1.807) is 6.08 Å². The molecule has 0 bridgehead atoms. The minimum Gasteiger partial charge on any atom is -0.236 e. The fraction of sp³-hybridized carbons (Fsp3) is 0.500. The minimum absolute atomic E-state index is 0.417. The maximum Gasteiger partial charge on any atom is 0.100 e. The first-order chi connectivity index (χ1) is 3.91. The Morgan fingerprint density at radius 3 is 2.75 bits per heavy atom. The molecule has 0 saturated carbocycles. The van der Waals surface area contributed by atoms with E-state index in [1.165, 1.54) is 0 Å². The fourth-order valence-corrected chi connectivity index (χ4v) is 0.203. The van der Waals surface area contributed by atoms with Crippen LogP contribution in [0.15, 0.2) is 12.7 Å². The molecule has 0 amide bonds. The Morgan fingerprint density at radius 2 is 2.25 bits per heavy atom. The Balaban J connectivity index is 2.62. The third kappa shape index (κ3) is 5.66. The number of hydrogen-bond acceptors (Lipinski definition) is 2. The molecule has 46 valence electrons. The Labute approximate surface area is 50.0 Å². The first-order valence-electron chi connectivity index (χ1n) is 2.47. The molecule has 0 spiro atoms. The topological polar surface area (TPSA) is 18.5 Å². The Morgan fingerprint density at radius 1 is 1.50 bits per heavy atom. The molecule has 0 unspecified atom stereocenters. The standard InChI is InChI=1S/C6H10O2/c1-3-5-7-8-6-4-2/h1,4H,2-3,5-6H2. The average Bonchev–Trinajstić information content (AvgIpc) is 1.81. The molecule has 0 aromatic heterocycles. The van der Waals surface area contributed by atoms with Gasteiger partial charge in [0.25, 0.3) is 0 Å². The second-order valence-corrected chi connectivity index (χ2v) is 1.18. The van der Waals surface area contributed by atoms with Crippen LogP contribution in [0.1, 0.15) is 6.42 Å². The second kappa shape index (κ2) is 6.66. The van der Waals surface area contributed by atoms with Crippen LogP contribution in [-0.4, -0.2) is 13.2 Å². The molecule has 0 heterocycles. The lowest BCUT2D eigenvalue weighted by atomic mass is 10.5. The van der Waals surface area contributed by atoms with Crippen molar-refractivity contribution in [2.75, 3.05) is 13.2 Å². The zero-order valence-electron chi connectivity index (χ0n) is 4.80. The number of rotatable bonds is 5. The van der Waals surface area contributed by atoms with Crippen molar-refractivity contribution < 1.29 is 9.78 Å². The van der Waals surface area contributed by atoms with E-state index in [0.29, 0.717) is 19.6 Å². The smallest absolute Gasteiger partial charge is 0.100 e. The molecular formula is C6H10O2. The SMILES string of the molecule is [CH]CCOOCC=C. The van der Waals surface area contributed by atoms with Crippen LogP contribution in [0.4, 0.5) is 0 Å². The van der Waals surface area contributed by atoms with Crippen molar-refractivity contribution in [2.24, 2.45) is 0 Å². The predicted octanol–water partition coefficient (Wildman–Crippen LogP) is 1.22. The molecule has 2 radical (unpaired) electrons. The van der Waals surface area contributed by atoms with Crippen molar-refractivity contribution in [1.82, 2.24) is 0 Å². The summed E-state index contributed by atoms with van der Waals surface area (Å²) in [5, 5.41) is 0. The highest BCUT2D eigenvalue weighted by atomic mass is 17.2. The summed E-state index contributed by atoms with van der Waals surface area (Å²) in [5.74, 6) is 0. The van der Waals surface area contributed by atoms with Gasteiger partial charge in [-0.1, -0.05) is 6.08 Å². The minimum atomic E-state index is 0.417. The first kappa shape index (κ1) is 7.66. The summed E-state index contributed by atoms with van der Waals surface area (Å²) in [7, 11) is 0. The van der Waals surface area contributed by atoms with Crippen LogP contribution in [0.5, 0.6) is 0 Å². The van der Waals surface area contributed by atoms with Crippen LogP contribution in [-0.2, 0) is 9.78 Å². The van der Waals surface area contributed by atoms with Crippen LogP contribution >= 0.6 is 0 Å². The summed E-state index contributed by atoms with van der Waals surface area (Å²) in [6.07, 6.45) is 2.09. The van der Waals surface area contributed by atoms with Gasteiger partial charge in [0.05, 0.1) is 6.61 Å². The molecule has 0 aromatic rings. The normalized spacial score (nSPS) is 9.12. The molecule has 0 atom stereocenters. The van der Waals surface area contributed by atoms with E-state index in [1.807, 2.05) is 0 Å². The summed E-state index contributed by atoms with van der Waals surface area (Å²) < 4.78 is 0. The highest BCUT2D eigenvalue weighted by Gasteiger charge is 1.79. The molecule has 0 aliphatic heterocycles. The van der Waals surface area contributed by atoms with Gasteiger partial charge in [-0.15, -0.1) is 6.58 Å². The summed E-state index contributed by atoms with van der Waals surface area (Å²) in [5.41, 5.74) is 0. The molecule has 0 fully saturated rings. The average molecular weight is 114 g/mol.